The molecule has 1 amide bonds. The molecule has 1 atom stereocenters. The Labute approximate surface area is 199 Å². The highest BCUT2D eigenvalue weighted by atomic mass is 32.2. The molecule has 1 heterocycles. The number of likely N-dealkylation sites (tertiary alicyclic amines) is 1. The van der Waals surface area contributed by atoms with Crippen molar-refractivity contribution in [2.75, 3.05) is 24.4 Å². The molecule has 3 aromatic carbocycles. The maximum Gasteiger partial charge on any atom is 0.261 e. The van der Waals surface area contributed by atoms with Crippen molar-refractivity contribution in [2.24, 2.45) is 0 Å². The summed E-state index contributed by atoms with van der Waals surface area (Å²) in [5, 5.41) is 3.02. The number of nitrogens with zero attached hydrogens (tertiary/aromatic N) is 1. The van der Waals surface area contributed by atoms with Crippen LogP contribution in [0.1, 0.15) is 40.4 Å². The van der Waals surface area contributed by atoms with E-state index in [1.807, 2.05) is 18.2 Å². The highest BCUT2D eigenvalue weighted by Gasteiger charge is 2.24. The number of sulfonamides is 1. The van der Waals surface area contributed by atoms with Gasteiger partial charge in [0, 0.05) is 17.8 Å². The predicted octanol–water partition coefficient (Wildman–Crippen LogP) is 4.50. The highest BCUT2D eigenvalue weighted by molar-refractivity contribution is 7.92. The summed E-state index contributed by atoms with van der Waals surface area (Å²) in [6.07, 6.45) is 2.32. The lowest BCUT2D eigenvalue weighted by Gasteiger charge is -2.28. The first-order valence-electron chi connectivity index (χ1n) is 11.3. The average Bonchev–Trinajstić information content (AvgIpc) is 3.36. The zero-order valence-electron chi connectivity index (χ0n) is 19.0. The molecular weight excluding hydrogens is 453 g/mol. The Morgan fingerprint density at radius 1 is 1.00 bits per heavy atom. The normalized spacial score (nSPS) is 15.1. The fraction of sp³-hybridized carbons (Fsp3) is 0.269. The van der Waals surface area contributed by atoms with Gasteiger partial charge in [-0.2, -0.15) is 0 Å². The zero-order valence-corrected chi connectivity index (χ0v) is 19.8. The second-order valence-corrected chi connectivity index (χ2v) is 10.2. The number of amides is 1. The van der Waals surface area contributed by atoms with E-state index in [4.69, 9.17) is 0 Å². The third-order valence-corrected chi connectivity index (χ3v) is 7.44. The predicted molar refractivity (Wildman–Crippen MR) is 131 cm³/mol. The largest absolute Gasteiger partial charge is 0.350 e. The molecule has 0 aromatic heterocycles. The highest BCUT2D eigenvalue weighted by Crippen LogP contribution is 2.25. The Morgan fingerprint density at radius 2 is 1.68 bits per heavy atom. The van der Waals surface area contributed by atoms with Gasteiger partial charge < -0.3 is 5.32 Å². The zero-order chi connectivity index (χ0) is 24.1. The Balaban J connectivity index is 1.41. The number of rotatable bonds is 8. The van der Waals surface area contributed by atoms with Gasteiger partial charge >= 0.3 is 0 Å². The van der Waals surface area contributed by atoms with Crippen molar-refractivity contribution in [3.8, 4) is 0 Å². The van der Waals surface area contributed by atoms with Crippen LogP contribution in [-0.2, 0) is 10.0 Å². The Bertz CT molecular complexity index is 1240. The minimum atomic E-state index is -3.87. The first-order valence-corrected chi connectivity index (χ1v) is 12.8. The number of carbonyl (C=O) groups excluding carboxylic acids is 1. The van der Waals surface area contributed by atoms with Crippen molar-refractivity contribution < 1.29 is 17.6 Å². The van der Waals surface area contributed by atoms with Crippen molar-refractivity contribution in [3.63, 3.8) is 0 Å². The van der Waals surface area contributed by atoms with Crippen LogP contribution < -0.4 is 10.0 Å². The Kier molecular flexibility index (Phi) is 7.29. The van der Waals surface area contributed by atoms with Crippen molar-refractivity contribution in [1.82, 2.24) is 10.2 Å². The second-order valence-electron chi connectivity index (χ2n) is 8.47. The first-order chi connectivity index (χ1) is 16.3. The van der Waals surface area contributed by atoms with Crippen molar-refractivity contribution in [3.05, 3.63) is 95.3 Å². The maximum absolute atomic E-state index is 13.5. The molecule has 1 aliphatic rings. The molecule has 0 aliphatic carbocycles. The lowest BCUT2D eigenvalue weighted by Crippen LogP contribution is -2.36. The smallest absolute Gasteiger partial charge is 0.261 e. The van der Waals surface area contributed by atoms with Crippen LogP contribution in [0.2, 0.25) is 0 Å². The molecule has 1 saturated heterocycles. The molecule has 0 saturated carbocycles. The van der Waals surface area contributed by atoms with Crippen LogP contribution in [-0.4, -0.2) is 38.9 Å². The molecule has 0 bridgehead atoms. The minimum Gasteiger partial charge on any atom is -0.350 e. The van der Waals surface area contributed by atoms with Crippen LogP contribution in [0.3, 0.4) is 0 Å². The quantitative estimate of drug-likeness (QED) is 0.497. The number of aryl methyl sites for hydroxylation is 1. The summed E-state index contributed by atoms with van der Waals surface area (Å²) in [5.41, 5.74) is 2.18. The molecule has 1 unspecified atom stereocenters. The van der Waals surface area contributed by atoms with E-state index in [2.05, 4.69) is 27.1 Å². The second kappa shape index (κ2) is 10.4. The monoisotopic (exact) mass is 481 g/mol. The molecule has 6 nitrogen and oxygen atoms in total. The number of benzene rings is 3. The van der Waals surface area contributed by atoms with Gasteiger partial charge in [-0.1, -0.05) is 30.3 Å². The molecule has 178 valence electrons. The first kappa shape index (κ1) is 23.9. The van der Waals surface area contributed by atoms with E-state index in [1.165, 1.54) is 36.8 Å². The Hall–Kier alpha value is -3.23. The summed E-state index contributed by atoms with van der Waals surface area (Å²) in [5.74, 6) is -0.683. The average molecular weight is 482 g/mol. The van der Waals surface area contributed by atoms with Crippen LogP contribution >= 0.6 is 0 Å². The van der Waals surface area contributed by atoms with E-state index in [1.54, 1.807) is 12.1 Å². The van der Waals surface area contributed by atoms with Gasteiger partial charge in [0.15, 0.2) is 0 Å². The number of anilines is 1. The standard InChI is InChI=1S/C26H28FN3O3S/c1-19-17-23(13-14-24(19)27)34(32,33)29-22-11-9-21(10-12-22)26(31)28-18-25(30-15-5-6-16-30)20-7-3-2-4-8-20/h2-4,7-14,17,25,29H,5-6,15-16,18H2,1H3,(H,28,31). The van der Waals surface area contributed by atoms with E-state index in [0.29, 0.717) is 17.8 Å². The van der Waals surface area contributed by atoms with Gasteiger partial charge in [0.1, 0.15) is 5.82 Å². The molecule has 0 spiro atoms. The van der Waals surface area contributed by atoms with Crippen molar-refractivity contribution >= 4 is 21.6 Å². The maximum atomic E-state index is 13.5. The molecule has 8 heteroatoms. The molecule has 1 aliphatic heterocycles. The van der Waals surface area contributed by atoms with Gasteiger partial charge in [0.25, 0.3) is 15.9 Å². The summed E-state index contributed by atoms with van der Waals surface area (Å²) in [4.78, 5) is 15.1. The topological polar surface area (TPSA) is 78.5 Å². The number of hydrogen-bond acceptors (Lipinski definition) is 4. The van der Waals surface area contributed by atoms with Crippen LogP contribution in [0, 0.1) is 12.7 Å². The number of nitrogens with one attached hydrogen (secondary N) is 2. The summed E-state index contributed by atoms with van der Waals surface area (Å²) < 4.78 is 41.2. The van der Waals surface area contributed by atoms with E-state index in [-0.39, 0.29) is 22.4 Å². The van der Waals surface area contributed by atoms with E-state index in [0.717, 1.165) is 32.0 Å². The van der Waals surface area contributed by atoms with Gasteiger partial charge in [-0.15, -0.1) is 0 Å². The minimum absolute atomic E-state index is 0.0258. The third kappa shape index (κ3) is 5.63. The number of halogens is 1. The van der Waals surface area contributed by atoms with E-state index >= 15 is 0 Å². The molecule has 0 radical (unpaired) electrons. The van der Waals surface area contributed by atoms with Crippen molar-refractivity contribution in [2.45, 2.75) is 30.7 Å². The van der Waals surface area contributed by atoms with Gasteiger partial charge in [0.2, 0.25) is 0 Å². The molecule has 2 N–H and O–H groups in total. The van der Waals surface area contributed by atoms with E-state index < -0.39 is 15.8 Å². The van der Waals surface area contributed by atoms with Gasteiger partial charge in [-0.05, 0) is 86.4 Å². The lowest BCUT2D eigenvalue weighted by atomic mass is 10.1. The third-order valence-electron chi connectivity index (χ3n) is 6.06. The summed E-state index contributed by atoms with van der Waals surface area (Å²) in [6.45, 7) is 4.02. The number of hydrogen-bond donors (Lipinski definition) is 2. The van der Waals surface area contributed by atoms with Gasteiger partial charge in [-0.25, -0.2) is 12.8 Å². The molecule has 3 aromatic rings. The van der Waals surface area contributed by atoms with Crippen LogP contribution in [0.4, 0.5) is 10.1 Å². The lowest BCUT2D eigenvalue weighted by molar-refractivity contribution is 0.0938. The van der Waals surface area contributed by atoms with Gasteiger partial charge in [0.05, 0.1) is 10.9 Å². The van der Waals surface area contributed by atoms with E-state index in [9.17, 15) is 17.6 Å². The molecule has 4 rings (SSSR count). The van der Waals surface area contributed by atoms with Crippen LogP contribution in [0.15, 0.2) is 77.7 Å². The van der Waals surface area contributed by atoms with Crippen molar-refractivity contribution in [1.29, 1.82) is 0 Å². The molecule has 34 heavy (non-hydrogen) atoms. The summed E-state index contributed by atoms with van der Waals surface area (Å²) >= 11 is 0. The Morgan fingerprint density at radius 3 is 2.32 bits per heavy atom. The fourth-order valence-electron chi connectivity index (χ4n) is 4.17. The van der Waals surface area contributed by atoms with Crippen LogP contribution in [0.5, 0.6) is 0 Å². The van der Waals surface area contributed by atoms with Gasteiger partial charge in [-0.3, -0.25) is 14.4 Å². The summed E-state index contributed by atoms with van der Waals surface area (Å²) in [7, 11) is -3.87. The number of carbonyl (C=O) groups is 1. The van der Waals surface area contributed by atoms with Crippen LogP contribution in [0.25, 0.3) is 0 Å². The summed E-state index contributed by atoms with van der Waals surface area (Å²) in [6, 6.07) is 20.1. The molecular formula is C26H28FN3O3S. The fourth-order valence-corrected chi connectivity index (χ4v) is 5.31. The SMILES string of the molecule is Cc1cc(S(=O)(=O)Nc2ccc(C(=O)NCC(c3ccccc3)N3CCCC3)cc2)ccc1F. The molecule has 1 fully saturated rings.